The van der Waals surface area contributed by atoms with Crippen LogP contribution in [0, 0.1) is 26.7 Å². The van der Waals surface area contributed by atoms with Crippen LogP contribution >= 0.6 is 11.3 Å². The molecule has 0 aliphatic heterocycles. The van der Waals surface area contributed by atoms with Crippen molar-refractivity contribution in [2.24, 2.45) is 5.92 Å². The molecule has 3 aromatic rings. The minimum absolute atomic E-state index is 0.0599. The number of aromatic amines is 1. The summed E-state index contributed by atoms with van der Waals surface area (Å²) in [4.78, 5) is 33.3. The number of ketones is 1. The highest BCUT2D eigenvalue weighted by atomic mass is 32.1. The lowest BCUT2D eigenvalue weighted by Crippen LogP contribution is -2.13. The summed E-state index contributed by atoms with van der Waals surface area (Å²) in [6, 6.07) is 7.81. The first-order chi connectivity index (χ1) is 13.3. The van der Waals surface area contributed by atoms with Gasteiger partial charge in [-0.05, 0) is 58.2 Å². The predicted octanol–water partition coefficient (Wildman–Crippen LogP) is 5.28. The number of nitrogens with zero attached hydrogens (tertiary/aromatic N) is 1. The van der Waals surface area contributed by atoms with Gasteiger partial charge in [-0.2, -0.15) is 0 Å². The summed E-state index contributed by atoms with van der Waals surface area (Å²) < 4.78 is 0. The van der Waals surface area contributed by atoms with Crippen LogP contribution in [0.3, 0.4) is 0 Å². The van der Waals surface area contributed by atoms with E-state index in [1.165, 1.54) is 0 Å². The summed E-state index contributed by atoms with van der Waals surface area (Å²) in [5.41, 5.74) is 6.11. The van der Waals surface area contributed by atoms with E-state index in [0.717, 1.165) is 62.2 Å². The number of aryl methyl sites for hydroxylation is 2. The molecule has 4 rings (SSSR count). The first-order valence-electron chi connectivity index (χ1n) is 9.44. The molecule has 5 nitrogen and oxygen atoms in total. The van der Waals surface area contributed by atoms with Crippen molar-refractivity contribution < 1.29 is 9.59 Å². The minimum Gasteiger partial charge on any atom is -0.356 e. The zero-order valence-corrected chi connectivity index (χ0v) is 17.3. The fourth-order valence-corrected chi connectivity index (χ4v) is 4.50. The molecule has 1 aromatic carbocycles. The third-order valence-electron chi connectivity index (χ3n) is 5.15. The van der Waals surface area contributed by atoms with Crippen molar-refractivity contribution in [3.8, 4) is 22.0 Å². The molecule has 0 atom stereocenters. The fraction of sp³-hybridized carbons (Fsp3) is 0.318. The van der Waals surface area contributed by atoms with E-state index < -0.39 is 0 Å². The van der Waals surface area contributed by atoms with Crippen LogP contribution in [0.25, 0.3) is 22.0 Å². The van der Waals surface area contributed by atoms with E-state index in [-0.39, 0.29) is 17.6 Å². The Morgan fingerprint density at radius 1 is 1.21 bits per heavy atom. The Kier molecular flexibility index (Phi) is 4.67. The van der Waals surface area contributed by atoms with E-state index in [2.05, 4.69) is 10.3 Å². The third-order valence-corrected chi connectivity index (χ3v) is 6.17. The zero-order valence-electron chi connectivity index (χ0n) is 16.5. The summed E-state index contributed by atoms with van der Waals surface area (Å²) in [5.74, 6) is 0.332. The maximum Gasteiger partial charge on any atom is 0.227 e. The summed E-state index contributed by atoms with van der Waals surface area (Å²) in [6.07, 6.45) is 1.97. The number of anilines is 1. The third kappa shape index (κ3) is 3.40. The van der Waals surface area contributed by atoms with Crippen LogP contribution in [0.4, 0.5) is 5.69 Å². The number of hydrogen-bond acceptors (Lipinski definition) is 4. The number of carbonyl (C=O) groups excluding carboxylic acids is 2. The van der Waals surface area contributed by atoms with E-state index in [0.29, 0.717) is 0 Å². The first-order valence-corrected chi connectivity index (χ1v) is 10.3. The van der Waals surface area contributed by atoms with Gasteiger partial charge in [0.05, 0.1) is 5.69 Å². The van der Waals surface area contributed by atoms with Gasteiger partial charge in [0.2, 0.25) is 5.91 Å². The molecule has 1 aliphatic rings. The van der Waals surface area contributed by atoms with Gasteiger partial charge in [0, 0.05) is 33.3 Å². The molecule has 0 saturated heterocycles. The van der Waals surface area contributed by atoms with Gasteiger partial charge in [-0.3, -0.25) is 9.59 Å². The molecular formula is C22H23N3O2S. The average molecular weight is 394 g/mol. The Morgan fingerprint density at radius 2 is 1.96 bits per heavy atom. The lowest BCUT2D eigenvalue weighted by molar-refractivity contribution is -0.117. The maximum atomic E-state index is 12.0. The van der Waals surface area contributed by atoms with Gasteiger partial charge >= 0.3 is 0 Å². The smallest absolute Gasteiger partial charge is 0.227 e. The molecule has 0 spiro atoms. The Morgan fingerprint density at radius 3 is 2.61 bits per heavy atom. The van der Waals surface area contributed by atoms with Crippen molar-refractivity contribution in [3.63, 3.8) is 0 Å². The van der Waals surface area contributed by atoms with Crippen LogP contribution in [0.1, 0.15) is 46.3 Å². The number of benzene rings is 1. The van der Waals surface area contributed by atoms with Gasteiger partial charge < -0.3 is 10.3 Å². The molecule has 0 radical (unpaired) electrons. The van der Waals surface area contributed by atoms with Crippen LogP contribution < -0.4 is 5.32 Å². The van der Waals surface area contributed by atoms with Crippen LogP contribution in [0.5, 0.6) is 0 Å². The normalized spacial score (nSPS) is 13.6. The number of aromatic nitrogens is 2. The van der Waals surface area contributed by atoms with Crippen LogP contribution in [0.2, 0.25) is 0 Å². The summed E-state index contributed by atoms with van der Waals surface area (Å²) >= 11 is 1.61. The predicted molar refractivity (Wildman–Crippen MR) is 113 cm³/mol. The summed E-state index contributed by atoms with van der Waals surface area (Å²) in [5, 5.41) is 3.89. The molecule has 1 amide bonds. The Balaban J connectivity index is 1.68. The van der Waals surface area contributed by atoms with E-state index in [1.54, 1.807) is 18.3 Å². The molecule has 2 N–H and O–H groups in total. The largest absolute Gasteiger partial charge is 0.356 e. The Labute approximate surface area is 168 Å². The second-order valence-electron chi connectivity index (χ2n) is 7.45. The van der Waals surface area contributed by atoms with Crippen molar-refractivity contribution in [1.29, 1.82) is 0 Å². The number of rotatable bonds is 5. The van der Waals surface area contributed by atoms with Crippen molar-refractivity contribution in [2.75, 3.05) is 5.32 Å². The number of Topliss-reactive ketones (excluding diaryl/α,β-unsaturated/α-hetero) is 1. The van der Waals surface area contributed by atoms with Gasteiger partial charge in [-0.1, -0.05) is 12.1 Å². The van der Waals surface area contributed by atoms with Gasteiger partial charge in [-0.15, -0.1) is 11.3 Å². The van der Waals surface area contributed by atoms with Gasteiger partial charge in [-0.25, -0.2) is 4.98 Å². The second-order valence-corrected chi connectivity index (χ2v) is 8.65. The number of carbonyl (C=O) groups is 2. The molecular weight excluding hydrogens is 370 g/mol. The monoisotopic (exact) mass is 393 g/mol. The topological polar surface area (TPSA) is 74.8 Å². The number of amides is 1. The van der Waals surface area contributed by atoms with E-state index in [9.17, 15) is 9.59 Å². The van der Waals surface area contributed by atoms with Crippen molar-refractivity contribution in [1.82, 2.24) is 9.97 Å². The molecule has 6 heteroatoms. The quantitative estimate of drug-likeness (QED) is 0.579. The van der Waals surface area contributed by atoms with Gasteiger partial charge in [0.15, 0.2) is 5.78 Å². The van der Waals surface area contributed by atoms with Crippen LogP contribution in [-0.2, 0) is 4.79 Å². The maximum absolute atomic E-state index is 12.0. The molecule has 0 unspecified atom stereocenters. The lowest BCUT2D eigenvalue weighted by atomic mass is 10.1. The van der Waals surface area contributed by atoms with Crippen molar-refractivity contribution in [3.05, 3.63) is 46.0 Å². The standard InChI is InChI=1S/C22H23N3O2S/c1-11-18(13(3)26)12(2)23-19(11)20-14(4)28-22(25-20)16-6-5-7-17(10-16)24-21(27)15-8-9-15/h5-7,10,15,23H,8-9H2,1-4H3,(H,24,27). The number of nitrogens with one attached hydrogen (secondary N) is 2. The van der Waals surface area contributed by atoms with Crippen LogP contribution in [-0.4, -0.2) is 21.7 Å². The summed E-state index contributed by atoms with van der Waals surface area (Å²) in [6.45, 7) is 7.51. The second kappa shape index (κ2) is 7.02. The van der Waals surface area contributed by atoms with Crippen molar-refractivity contribution in [2.45, 2.75) is 40.5 Å². The average Bonchev–Trinajstić information content (AvgIpc) is 3.36. The Bertz CT molecular complexity index is 1090. The highest BCUT2D eigenvalue weighted by molar-refractivity contribution is 7.15. The van der Waals surface area contributed by atoms with Gasteiger partial charge in [0.25, 0.3) is 0 Å². The van der Waals surface area contributed by atoms with Gasteiger partial charge in [0.1, 0.15) is 10.7 Å². The zero-order chi connectivity index (χ0) is 20.0. The molecule has 0 bridgehead atoms. The molecule has 1 aliphatic carbocycles. The minimum atomic E-state index is 0.0599. The summed E-state index contributed by atoms with van der Waals surface area (Å²) in [7, 11) is 0. The molecule has 1 saturated carbocycles. The van der Waals surface area contributed by atoms with E-state index >= 15 is 0 Å². The molecule has 2 aromatic heterocycles. The molecule has 144 valence electrons. The number of H-pyrrole nitrogens is 1. The highest BCUT2D eigenvalue weighted by Crippen LogP contribution is 2.37. The fourth-order valence-electron chi connectivity index (χ4n) is 3.59. The van der Waals surface area contributed by atoms with E-state index in [4.69, 9.17) is 4.98 Å². The lowest BCUT2D eigenvalue weighted by Gasteiger charge is -2.05. The van der Waals surface area contributed by atoms with Crippen molar-refractivity contribution >= 4 is 28.7 Å². The number of thiazole rings is 1. The Hall–Kier alpha value is -2.73. The first kappa shape index (κ1) is 18.6. The highest BCUT2D eigenvalue weighted by Gasteiger charge is 2.29. The van der Waals surface area contributed by atoms with Crippen LogP contribution in [0.15, 0.2) is 24.3 Å². The number of hydrogen-bond donors (Lipinski definition) is 2. The molecule has 28 heavy (non-hydrogen) atoms. The molecule has 2 heterocycles. The van der Waals surface area contributed by atoms with E-state index in [1.807, 2.05) is 45.0 Å². The molecule has 1 fully saturated rings. The SMILES string of the molecule is CC(=O)c1c(C)[nH]c(-c2nc(-c3cccc(NC(=O)C4CC4)c3)sc2C)c1C.